The average molecular weight is 205 g/mol. The highest BCUT2D eigenvalue weighted by atomic mass is 14.9. The summed E-state index contributed by atoms with van der Waals surface area (Å²) < 4.78 is 0. The van der Waals surface area contributed by atoms with Crippen LogP contribution in [-0.2, 0) is 0 Å². The number of nitrogens with zero attached hydrogens (tertiary/aromatic N) is 2. The second kappa shape index (κ2) is 5.21. The van der Waals surface area contributed by atoms with Crippen molar-refractivity contribution in [3.63, 3.8) is 0 Å². The van der Waals surface area contributed by atoms with Gasteiger partial charge in [-0.05, 0) is 49.8 Å². The van der Waals surface area contributed by atoms with Crippen molar-refractivity contribution in [3.05, 3.63) is 24.3 Å². The number of hydrogen-bond acceptors (Lipinski definition) is 3. The van der Waals surface area contributed by atoms with Gasteiger partial charge >= 0.3 is 0 Å². The Balaban J connectivity index is 1.84. The third-order valence-corrected chi connectivity index (χ3v) is 3.26. The topological polar surface area (TPSA) is 37.8 Å². The van der Waals surface area contributed by atoms with E-state index in [4.69, 9.17) is 0 Å². The largest absolute Gasteiger partial charge is 0.316 e. The Kier molecular flexibility index (Phi) is 3.67. The van der Waals surface area contributed by atoms with E-state index in [0.29, 0.717) is 5.92 Å². The molecule has 1 N–H and O–H groups in total. The number of hydrogen-bond donors (Lipinski definition) is 1. The molecule has 1 saturated carbocycles. The fraction of sp³-hybridized carbons (Fsp3) is 0.667. The monoisotopic (exact) mass is 205 g/mol. The molecule has 3 nitrogen and oxygen atoms in total. The maximum absolute atomic E-state index is 4.09. The highest BCUT2D eigenvalue weighted by Crippen LogP contribution is 2.41. The second-order valence-electron chi connectivity index (χ2n) is 4.32. The third kappa shape index (κ3) is 2.53. The Labute approximate surface area is 91.3 Å². The minimum absolute atomic E-state index is 0.690. The van der Waals surface area contributed by atoms with Crippen LogP contribution < -0.4 is 5.32 Å². The normalized spacial score (nSPS) is 24.9. The van der Waals surface area contributed by atoms with E-state index in [-0.39, 0.29) is 0 Å². The van der Waals surface area contributed by atoms with Gasteiger partial charge in [0.15, 0.2) is 0 Å². The Bertz CT molecular complexity index is 286. The Morgan fingerprint density at radius 1 is 1.33 bits per heavy atom. The molecule has 82 valence electrons. The molecule has 0 amide bonds. The first-order chi connectivity index (χ1) is 7.42. The predicted octanol–water partition coefficient (Wildman–Crippen LogP) is 1.97. The molecule has 2 atom stereocenters. The number of rotatable bonds is 5. The molecular formula is C12H19N3. The summed E-state index contributed by atoms with van der Waals surface area (Å²) in [6.07, 6.45) is 9.38. The zero-order chi connectivity index (χ0) is 10.5. The van der Waals surface area contributed by atoms with Crippen LogP contribution in [-0.4, -0.2) is 23.1 Å². The minimum atomic E-state index is 0.690. The zero-order valence-corrected chi connectivity index (χ0v) is 9.32. The molecule has 0 radical (unpaired) electrons. The first kappa shape index (κ1) is 10.6. The van der Waals surface area contributed by atoms with Gasteiger partial charge in [-0.3, -0.25) is 0 Å². The van der Waals surface area contributed by atoms with Crippen molar-refractivity contribution in [2.45, 2.75) is 32.1 Å². The Morgan fingerprint density at radius 3 is 2.73 bits per heavy atom. The summed E-state index contributed by atoms with van der Waals surface area (Å²) in [6.45, 7) is 4.48. The molecule has 0 aromatic carbocycles. The molecule has 2 unspecified atom stereocenters. The Morgan fingerprint density at radius 2 is 2.13 bits per heavy atom. The highest BCUT2D eigenvalue weighted by molar-refractivity contribution is 5.15. The van der Waals surface area contributed by atoms with E-state index in [0.717, 1.165) is 19.0 Å². The van der Waals surface area contributed by atoms with Crippen molar-refractivity contribution in [1.82, 2.24) is 15.3 Å². The maximum Gasteiger partial charge on any atom is 0.115 e. The summed E-state index contributed by atoms with van der Waals surface area (Å²) in [5.41, 5.74) is 1.31. The second-order valence-corrected chi connectivity index (χ2v) is 4.32. The number of nitrogens with one attached hydrogen (secondary N) is 1. The Hall–Kier alpha value is -0.960. The van der Waals surface area contributed by atoms with E-state index in [1.54, 1.807) is 6.33 Å². The van der Waals surface area contributed by atoms with Crippen molar-refractivity contribution >= 4 is 0 Å². The molecule has 0 spiro atoms. The van der Waals surface area contributed by atoms with Gasteiger partial charge in [-0.25, -0.2) is 9.97 Å². The van der Waals surface area contributed by atoms with Gasteiger partial charge < -0.3 is 5.32 Å². The van der Waals surface area contributed by atoms with Gasteiger partial charge in [-0.15, -0.1) is 0 Å². The molecule has 0 aliphatic heterocycles. The molecule has 1 aliphatic carbocycles. The van der Waals surface area contributed by atoms with E-state index >= 15 is 0 Å². The standard InChI is InChI=1S/C12H19N3/c1-2-5-13-6-10-3-4-12(10)11-7-14-9-15-8-11/h7-10,12-13H,2-6H2,1H3. The van der Waals surface area contributed by atoms with E-state index in [1.165, 1.54) is 24.8 Å². The van der Waals surface area contributed by atoms with Gasteiger partial charge in [-0.2, -0.15) is 0 Å². The molecule has 1 heterocycles. The van der Waals surface area contributed by atoms with Gasteiger partial charge in [0.05, 0.1) is 0 Å². The van der Waals surface area contributed by atoms with Crippen LogP contribution in [0.5, 0.6) is 0 Å². The first-order valence-corrected chi connectivity index (χ1v) is 5.87. The van der Waals surface area contributed by atoms with Crippen LogP contribution in [0.25, 0.3) is 0 Å². The van der Waals surface area contributed by atoms with Gasteiger partial charge in [0, 0.05) is 12.4 Å². The van der Waals surface area contributed by atoms with Crippen molar-refractivity contribution < 1.29 is 0 Å². The highest BCUT2D eigenvalue weighted by Gasteiger charge is 2.31. The van der Waals surface area contributed by atoms with Crippen LogP contribution in [0.4, 0.5) is 0 Å². The van der Waals surface area contributed by atoms with Gasteiger partial charge in [0.25, 0.3) is 0 Å². The molecule has 1 fully saturated rings. The zero-order valence-electron chi connectivity index (χ0n) is 9.32. The summed E-state index contributed by atoms with van der Waals surface area (Å²) in [6, 6.07) is 0. The van der Waals surface area contributed by atoms with Crippen LogP contribution in [0.3, 0.4) is 0 Å². The van der Waals surface area contributed by atoms with Crippen LogP contribution in [0.2, 0.25) is 0 Å². The molecule has 15 heavy (non-hydrogen) atoms. The fourth-order valence-electron chi connectivity index (χ4n) is 2.22. The van der Waals surface area contributed by atoms with Crippen molar-refractivity contribution in [2.75, 3.05) is 13.1 Å². The molecule has 1 aromatic heterocycles. The van der Waals surface area contributed by atoms with Crippen LogP contribution >= 0.6 is 0 Å². The lowest BCUT2D eigenvalue weighted by Crippen LogP contribution is -2.34. The summed E-state index contributed by atoms with van der Waals surface area (Å²) in [4.78, 5) is 8.17. The molecule has 0 bridgehead atoms. The van der Waals surface area contributed by atoms with Crippen molar-refractivity contribution in [2.24, 2.45) is 5.92 Å². The molecule has 1 aliphatic rings. The summed E-state index contributed by atoms with van der Waals surface area (Å²) in [5, 5.41) is 3.50. The van der Waals surface area contributed by atoms with Gasteiger partial charge in [-0.1, -0.05) is 6.92 Å². The number of aromatic nitrogens is 2. The molecule has 2 rings (SSSR count). The smallest absolute Gasteiger partial charge is 0.115 e. The van der Waals surface area contributed by atoms with Gasteiger partial charge in [0.2, 0.25) is 0 Å². The minimum Gasteiger partial charge on any atom is -0.316 e. The SMILES string of the molecule is CCCNCC1CCC1c1cncnc1. The summed E-state index contributed by atoms with van der Waals surface area (Å²) in [7, 11) is 0. The summed E-state index contributed by atoms with van der Waals surface area (Å²) >= 11 is 0. The molecule has 0 saturated heterocycles. The van der Waals surface area contributed by atoms with Crippen LogP contribution in [0, 0.1) is 5.92 Å². The van der Waals surface area contributed by atoms with E-state index < -0.39 is 0 Å². The van der Waals surface area contributed by atoms with E-state index in [9.17, 15) is 0 Å². The molecular weight excluding hydrogens is 186 g/mol. The van der Waals surface area contributed by atoms with Gasteiger partial charge in [0.1, 0.15) is 6.33 Å². The first-order valence-electron chi connectivity index (χ1n) is 5.87. The lowest BCUT2D eigenvalue weighted by molar-refractivity contribution is 0.245. The summed E-state index contributed by atoms with van der Waals surface area (Å²) in [5.74, 6) is 1.48. The quantitative estimate of drug-likeness (QED) is 0.747. The molecule has 3 heteroatoms. The fourth-order valence-corrected chi connectivity index (χ4v) is 2.22. The average Bonchev–Trinajstić information content (AvgIpc) is 2.24. The third-order valence-electron chi connectivity index (χ3n) is 3.26. The van der Waals surface area contributed by atoms with E-state index in [1.807, 2.05) is 12.4 Å². The lowest BCUT2D eigenvalue weighted by Gasteiger charge is -2.36. The van der Waals surface area contributed by atoms with E-state index in [2.05, 4.69) is 22.2 Å². The van der Waals surface area contributed by atoms with Crippen molar-refractivity contribution in [3.8, 4) is 0 Å². The van der Waals surface area contributed by atoms with Crippen LogP contribution in [0.15, 0.2) is 18.7 Å². The molecule has 1 aromatic rings. The van der Waals surface area contributed by atoms with Crippen molar-refractivity contribution in [1.29, 1.82) is 0 Å². The van der Waals surface area contributed by atoms with Crippen LogP contribution in [0.1, 0.15) is 37.7 Å². The predicted molar refractivity (Wildman–Crippen MR) is 60.7 cm³/mol. The maximum atomic E-state index is 4.09. The lowest BCUT2D eigenvalue weighted by atomic mass is 9.70.